The van der Waals surface area contributed by atoms with Gasteiger partial charge in [-0.05, 0) is 18.1 Å². The highest BCUT2D eigenvalue weighted by Gasteiger charge is 2.26. The van der Waals surface area contributed by atoms with Gasteiger partial charge in [-0.25, -0.2) is 0 Å². The normalized spacial score (nSPS) is 13.7. The minimum atomic E-state index is -0.639. The Morgan fingerprint density at radius 2 is 1.56 bits per heavy atom. The van der Waals surface area contributed by atoms with Crippen LogP contribution in [0.4, 0.5) is 0 Å². The fraction of sp³-hybridized carbons (Fsp3) is 0.538. The fourth-order valence-corrected chi connectivity index (χ4v) is 1.79. The van der Waals surface area contributed by atoms with Gasteiger partial charge in [0.1, 0.15) is 11.5 Å². The maximum Gasteiger partial charge on any atom is 0.127 e. The van der Waals surface area contributed by atoms with Gasteiger partial charge in [-0.3, -0.25) is 0 Å². The van der Waals surface area contributed by atoms with Gasteiger partial charge in [0.05, 0.1) is 31.9 Å². The van der Waals surface area contributed by atoms with Crippen molar-refractivity contribution in [3.63, 3.8) is 0 Å². The number of hydrogen-bond donors (Lipinski definition) is 2. The summed E-state index contributed by atoms with van der Waals surface area (Å²) >= 11 is 0. The van der Waals surface area contributed by atoms with Crippen LogP contribution in [-0.4, -0.2) is 25.4 Å². The molecule has 0 aliphatic rings. The van der Waals surface area contributed by atoms with E-state index in [1.54, 1.807) is 14.2 Å². The number of aliphatic hydroxyl groups excluding tert-OH is 1. The lowest BCUT2D eigenvalue weighted by atomic mass is 9.93. The highest BCUT2D eigenvalue weighted by molar-refractivity contribution is 5.85. The van der Waals surface area contributed by atoms with Crippen LogP contribution in [0.25, 0.3) is 0 Å². The number of nitrogens with two attached hydrogens (primary N) is 1. The molecule has 0 unspecified atom stereocenters. The molecule has 0 aliphatic heterocycles. The molecular formula is C13H22ClNO3. The molecule has 0 spiro atoms. The van der Waals surface area contributed by atoms with E-state index in [2.05, 4.69) is 0 Å². The number of ether oxygens (including phenoxy) is 2. The second-order valence-corrected chi connectivity index (χ2v) is 4.34. The average Bonchev–Trinajstić information content (AvgIpc) is 2.35. The smallest absolute Gasteiger partial charge is 0.127 e. The first kappa shape index (κ1) is 17.0. The molecule has 5 heteroatoms. The summed E-state index contributed by atoms with van der Waals surface area (Å²) in [5.74, 6) is 1.34. The molecule has 2 atom stereocenters. The second-order valence-electron chi connectivity index (χ2n) is 4.34. The maximum absolute atomic E-state index is 10.1. The van der Waals surface area contributed by atoms with Crippen LogP contribution in [-0.2, 0) is 0 Å². The number of hydrogen-bond acceptors (Lipinski definition) is 4. The minimum absolute atomic E-state index is 0. The summed E-state index contributed by atoms with van der Waals surface area (Å²) in [6.07, 6.45) is -0.639. The molecule has 3 N–H and O–H groups in total. The largest absolute Gasteiger partial charge is 0.496 e. The molecule has 4 nitrogen and oxygen atoms in total. The third kappa shape index (κ3) is 3.51. The highest BCUT2D eigenvalue weighted by atomic mass is 35.5. The summed E-state index contributed by atoms with van der Waals surface area (Å²) in [6.45, 7) is 3.85. The van der Waals surface area contributed by atoms with Crippen LogP contribution in [0.2, 0.25) is 0 Å². The van der Waals surface area contributed by atoms with Crippen LogP contribution < -0.4 is 15.2 Å². The fourth-order valence-electron chi connectivity index (χ4n) is 1.79. The van der Waals surface area contributed by atoms with E-state index in [1.807, 2.05) is 32.0 Å². The molecule has 0 amide bonds. The van der Waals surface area contributed by atoms with Gasteiger partial charge in [0.25, 0.3) is 0 Å². The Balaban J connectivity index is 0.00000289. The van der Waals surface area contributed by atoms with E-state index in [1.165, 1.54) is 0 Å². The third-order valence-corrected chi connectivity index (χ3v) is 2.85. The Bertz CT molecular complexity index is 349. The Labute approximate surface area is 115 Å². The van der Waals surface area contributed by atoms with Gasteiger partial charge in [-0.2, -0.15) is 0 Å². The summed E-state index contributed by atoms with van der Waals surface area (Å²) in [5, 5.41) is 10.1. The van der Waals surface area contributed by atoms with E-state index < -0.39 is 12.1 Å². The van der Waals surface area contributed by atoms with Gasteiger partial charge < -0.3 is 20.3 Å². The van der Waals surface area contributed by atoms with Crippen molar-refractivity contribution in [1.29, 1.82) is 0 Å². The predicted molar refractivity (Wildman–Crippen MR) is 74.6 cm³/mol. The SMILES string of the molecule is COc1cccc(OC)c1[C@@H](N)[C@@H](O)C(C)C.Cl. The number of benzene rings is 1. The highest BCUT2D eigenvalue weighted by Crippen LogP contribution is 2.35. The van der Waals surface area contributed by atoms with E-state index in [4.69, 9.17) is 15.2 Å². The lowest BCUT2D eigenvalue weighted by Crippen LogP contribution is -2.31. The standard InChI is InChI=1S/C13H21NO3.ClH/c1-8(2)13(15)12(14)11-9(16-3)6-5-7-10(11)17-4;/h5-8,12-13,15H,14H2,1-4H3;1H/t12-,13+;/m1./s1. The van der Waals surface area contributed by atoms with Crippen molar-refractivity contribution in [2.75, 3.05) is 14.2 Å². The maximum atomic E-state index is 10.1. The Kier molecular flexibility index (Phi) is 7.06. The van der Waals surface area contributed by atoms with Crippen molar-refractivity contribution >= 4 is 12.4 Å². The van der Waals surface area contributed by atoms with Crippen molar-refractivity contribution in [1.82, 2.24) is 0 Å². The zero-order chi connectivity index (χ0) is 13.0. The zero-order valence-electron chi connectivity index (χ0n) is 11.2. The summed E-state index contributed by atoms with van der Waals surface area (Å²) in [6, 6.07) is 4.92. The minimum Gasteiger partial charge on any atom is -0.496 e. The first-order chi connectivity index (χ1) is 8.02. The average molecular weight is 276 g/mol. The quantitative estimate of drug-likeness (QED) is 0.864. The van der Waals surface area contributed by atoms with E-state index in [0.29, 0.717) is 17.1 Å². The predicted octanol–water partition coefficient (Wildman–Crippen LogP) is 2.14. The molecule has 1 aromatic carbocycles. The topological polar surface area (TPSA) is 64.7 Å². The molecule has 0 heterocycles. The molecule has 1 rings (SSSR count). The van der Waals surface area contributed by atoms with Crippen LogP contribution >= 0.6 is 12.4 Å². The molecular weight excluding hydrogens is 254 g/mol. The van der Waals surface area contributed by atoms with Gasteiger partial charge in [-0.1, -0.05) is 19.9 Å². The monoisotopic (exact) mass is 275 g/mol. The van der Waals surface area contributed by atoms with E-state index >= 15 is 0 Å². The molecule has 0 aromatic heterocycles. The first-order valence-corrected chi connectivity index (χ1v) is 5.67. The second kappa shape index (κ2) is 7.46. The Morgan fingerprint density at radius 3 is 1.89 bits per heavy atom. The van der Waals surface area contributed by atoms with Crippen molar-refractivity contribution < 1.29 is 14.6 Å². The summed E-state index contributed by atoms with van der Waals surface area (Å²) in [4.78, 5) is 0. The van der Waals surface area contributed by atoms with Crippen molar-refractivity contribution in [3.8, 4) is 11.5 Å². The van der Waals surface area contributed by atoms with Crippen LogP contribution in [0.1, 0.15) is 25.5 Å². The van der Waals surface area contributed by atoms with E-state index in [0.717, 1.165) is 0 Å². The summed E-state index contributed by atoms with van der Waals surface area (Å²) in [5.41, 5.74) is 6.79. The lowest BCUT2D eigenvalue weighted by molar-refractivity contribution is 0.0959. The molecule has 0 radical (unpaired) electrons. The van der Waals surface area contributed by atoms with Crippen LogP contribution in [0.5, 0.6) is 11.5 Å². The Morgan fingerprint density at radius 1 is 1.11 bits per heavy atom. The van der Waals surface area contributed by atoms with Crippen LogP contribution in [0.15, 0.2) is 18.2 Å². The summed E-state index contributed by atoms with van der Waals surface area (Å²) < 4.78 is 10.5. The summed E-state index contributed by atoms with van der Waals surface area (Å²) in [7, 11) is 3.15. The Hall–Kier alpha value is -0.970. The van der Waals surface area contributed by atoms with Crippen LogP contribution in [0.3, 0.4) is 0 Å². The first-order valence-electron chi connectivity index (χ1n) is 5.67. The van der Waals surface area contributed by atoms with Gasteiger partial charge in [-0.15, -0.1) is 12.4 Å². The molecule has 0 bridgehead atoms. The number of methoxy groups -OCH3 is 2. The molecule has 0 saturated carbocycles. The number of halogens is 1. The lowest BCUT2D eigenvalue weighted by Gasteiger charge is -2.25. The van der Waals surface area contributed by atoms with Gasteiger partial charge >= 0.3 is 0 Å². The van der Waals surface area contributed by atoms with Gasteiger partial charge in [0.2, 0.25) is 0 Å². The van der Waals surface area contributed by atoms with Gasteiger partial charge in [0, 0.05) is 0 Å². The number of aliphatic hydroxyl groups is 1. The molecule has 0 fully saturated rings. The molecule has 104 valence electrons. The van der Waals surface area contributed by atoms with E-state index in [-0.39, 0.29) is 18.3 Å². The van der Waals surface area contributed by atoms with Gasteiger partial charge in [0.15, 0.2) is 0 Å². The van der Waals surface area contributed by atoms with E-state index in [9.17, 15) is 5.11 Å². The van der Waals surface area contributed by atoms with Crippen molar-refractivity contribution in [2.45, 2.75) is 26.0 Å². The molecule has 0 aliphatic carbocycles. The molecule has 1 aromatic rings. The van der Waals surface area contributed by atoms with Crippen LogP contribution in [0, 0.1) is 5.92 Å². The van der Waals surface area contributed by atoms with Crippen molar-refractivity contribution in [2.24, 2.45) is 11.7 Å². The third-order valence-electron chi connectivity index (χ3n) is 2.85. The molecule has 0 saturated heterocycles. The number of rotatable bonds is 5. The molecule has 18 heavy (non-hydrogen) atoms. The van der Waals surface area contributed by atoms with Crippen molar-refractivity contribution in [3.05, 3.63) is 23.8 Å². The zero-order valence-corrected chi connectivity index (χ0v) is 12.0.